The number of benzene rings is 2. The van der Waals surface area contributed by atoms with E-state index in [1.807, 2.05) is 43.3 Å². The SMILES string of the molecule is Cc1ccc(Nc2cc(Nc3ccccc3N3CCOCC3)ncn2)cc1Cl. The van der Waals surface area contributed by atoms with E-state index in [0.717, 1.165) is 59.8 Å². The highest BCUT2D eigenvalue weighted by Crippen LogP contribution is 2.29. The van der Waals surface area contributed by atoms with Crippen LogP contribution in [0.3, 0.4) is 0 Å². The predicted molar refractivity (Wildman–Crippen MR) is 114 cm³/mol. The van der Waals surface area contributed by atoms with Crippen molar-refractivity contribution in [3.05, 3.63) is 65.4 Å². The van der Waals surface area contributed by atoms with Gasteiger partial charge in [-0.25, -0.2) is 9.97 Å². The average Bonchev–Trinajstić information content (AvgIpc) is 2.72. The van der Waals surface area contributed by atoms with Crippen molar-refractivity contribution in [2.24, 2.45) is 0 Å². The van der Waals surface area contributed by atoms with E-state index in [4.69, 9.17) is 16.3 Å². The number of nitrogens with zero attached hydrogens (tertiary/aromatic N) is 3. The molecule has 2 aromatic carbocycles. The van der Waals surface area contributed by atoms with E-state index >= 15 is 0 Å². The molecule has 1 fully saturated rings. The quantitative estimate of drug-likeness (QED) is 0.649. The molecule has 0 unspecified atom stereocenters. The van der Waals surface area contributed by atoms with Gasteiger partial charge in [0.25, 0.3) is 0 Å². The lowest BCUT2D eigenvalue weighted by atomic mass is 10.2. The maximum Gasteiger partial charge on any atom is 0.135 e. The summed E-state index contributed by atoms with van der Waals surface area (Å²) in [6.07, 6.45) is 1.54. The highest BCUT2D eigenvalue weighted by molar-refractivity contribution is 6.31. The zero-order valence-corrected chi connectivity index (χ0v) is 16.4. The van der Waals surface area contributed by atoms with Crippen LogP contribution in [0.25, 0.3) is 0 Å². The molecule has 2 N–H and O–H groups in total. The number of hydrogen-bond acceptors (Lipinski definition) is 6. The molecule has 1 aromatic heterocycles. The van der Waals surface area contributed by atoms with Gasteiger partial charge in [0.15, 0.2) is 0 Å². The second kappa shape index (κ2) is 8.46. The van der Waals surface area contributed by atoms with Crippen molar-refractivity contribution in [1.82, 2.24) is 9.97 Å². The molecule has 3 aromatic rings. The van der Waals surface area contributed by atoms with E-state index in [1.165, 1.54) is 6.33 Å². The number of para-hydroxylation sites is 2. The van der Waals surface area contributed by atoms with Crippen molar-refractivity contribution in [2.45, 2.75) is 6.92 Å². The maximum absolute atomic E-state index is 6.21. The van der Waals surface area contributed by atoms with Crippen LogP contribution in [-0.4, -0.2) is 36.3 Å². The van der Waals surface area contributed by atoms with Crippen molar-refractivity contribution < 1.29 is 4.74 Å². The number of anilines is 5. The molecule has 0 spiro atoms. The minimum absolute atomic E-state index is 0.696. The van der Waals surface area contributed by atoms with E-state index in [1.54, 1.807) is 0 Å². The number of halogens is 1. The summed E-state index contributed by atoms with van der Waals surface area (Å²) in [6.45, 7) is 5.22. The van der Waals surface area contributed by atoms with Gasteiger partial charge >= 0.3 is 0 Å². The van der Waals surface area contributed by atoms with Gasteiger partial charge in [-0.3, -0.25) is 0 Å². The molecular weight excluding hydrogens is 374 g/mol. The lowest BCUT2D eigenvalue weighted by Crippen LogP contribution is -2.36. The van der Waals surface area contributed by atoms with Crippen LogP contribution in [0.1, 0.15) is 5.56 Å². The molecule has 7 heteroatoms. The Bertz CT molecular complexity index is 959. The summed E-state index contributed by atoms with van der Waals surface area (Å²) < 4.78 is 5.47. The molecule has 1 aliphatic rings. The van der Waals surface area contributed by atoms with E-state index in [9.17, 15) is 0 Å². The molecule has 144 valence electrons. The van der Waals surface area contributed by atoms with Crippen molar-refractivity contribution in [2.75, 3.05) is 41.8 Å². The molecule has 0 bridgehead atoms. The Morgan fingerprint density at radius 3 is 2.50 bits per heavy atom. The molecule has 0 radical (unpaired) electrons. The predicted octanol–water partition coefficient (Wildman–Crippen LogP) is 4.76. The molecular formula is C21H22ClN5O. The molecule has 0 amide bonds. The minimum Gasteiger partial charge on any atom is -0.378 e. The number of nitrogens with one attached hydrogen (secondary N) is 2. The molecule has 28 heavy (non-hydrogen) atoms. The molecule has 0 atom stereocenters. The highest BCUT2D eigenvalue weighted by Gasteiger charge is 2.15. The summed E-state index contributed by atoms with van der Waals surface area (Å²) in [7, 11) is 0. The largest absolute Gasteiger partial charge is 0.378 e. The topological polar surface area (TPSA) is 62.3 Å². The average molecular weight is 396 g/mol. The van der Waals surface area contributed by atoms with Gasteiger partial charge in [-0.05, 0) is 36.8 Å². The maximum atomic E-state index is 6.21. The molecule has 4 rings (SSSR count). The lowest BCUT2D eigenvalue weighted by Gasteiger charge is -2.30. The Kier molecular flexibility index (Phi) is 5.60. The number of hydrogen-bond donors (Lipinski definition) is 2. The van der Waals surface area contributed by atoms with Gasteiger partial charge in [0.1, 0.15) is 18.0 Å². The summed E-state index contributed by atoms with van der Waals surface area (Å²) >= 11 is 6.21. The first-order chi connectivity index (χ1) is 13.7. The molecule has 2 heterocycles. The number of rotatable bonds is 5. The Morgan fingerprint density at radius 1 is 0.964 bits per heavy atom. The van der Waals surface area contributed by atoms with Gasteiger partial charge in [0, 0.05) is 29.9 Å². The number of aryl methyl sites for hydroxylation is 1. The van der Waals surface area contributed by atoms with Crippen molar-refractivity contribution in [3.8, 4) is 0 Å². The van der Waals surface area contributed by atoms with Crippen molar-refractivity contribution in [3.63, 3.8) is 0 Å². The normalized spacial score (nSPS) is 14.0. The third-order valence-electron chi connectivity index (χ3n) is 4.63. The van der Waals surface area contributed by atoms with Gasteiger partial charge in [-0.2, -0.15) is 0 Å². The third kappa shape index (κ3) is 4.35. The van der Waals surface area contributed by atoms with Gasteiger partial charge in [-0.15, -0.1) is 0 Å². The zero-order chi connectivity index (χ0) is 19.3. The second-order valence-electron chi connectivity index (χ2n) is 6.62. The fraction of sp³-hybridized carbons (Fsp3) is 0.238. The van der Waals surface area contributed by atoms with Crippen LogP contribution < -0.4 is 15.5 Å². The highest BCUT2D eigenvalue weighted by atomic mass is 35.5. The van der Waals surface area contributed by atoms with Crippen LogP contribution in [0.15, 0.2) is 54.9 Å². The van der Waals surface area contributed by atoms with E-state index in [2.05, 4.69) is 37.6 Å². The van der Waals surface area contributed by atoms with Gasteiger partial charge < -0.3 is 20.3 Å². The number of morpholine rings is 1. The van der Waals surface area contributed by atoms with Crippen LogP contribution in [-0.2, 0) is 4.74 Å². The Labute approximate surface area is 169 Å². The van der Waals surface area contributed by atoms with Crippen LogP contribution in [0.4, 0.5) is 28.7 Å². The molecule has 0 saturated carbocycles. The monoisotopic (exact) mass is 395 g/mol. The Balaban J connectivity index is 1.53. The first-order valence-corrected chi connectivity index (χ1v) is 9.61. The van der Waals surface area contributed by atoms with Gasteiger partial charge in [0.05, 0.1) is 24.6 Å². The van der Waals surface area contributed by atoms with Crippen molar-refractivity contribution in [1.29, 1.82) is 0 Å². The third-order valence-corrected chi connectivity index (χ3v) is 5.04. The first-order valence-electron chi connectivity index (χ1n) is 9.23. The molecule has 0 aliphatic carbocycles. The summed E-state index contributed by atoms with van der Waals surface area (Å²) in [4.78, 5) is 11.0. The fourth-order valence-electron chi connectivity index (χ4n) is 3.11. The van der Waals surface area contributed by atoms with Crippen LogP contribution in [0.2, 0.25) is 5.02 Å². The Morgan fingerprint density at radius 2 is 1.71 bits per heavy atom. The van der Waals surface area contributed by atoms with Crippen LogP contribution in [0.5, 0.6) is 0 Å². The van der Waals surface area contributed by atoms with Crippen LogP contribution >= 0.6 is 11.6 Å². The number of ether oxygens (including phenoxy) is 1. The van der Waals surface area contributed by atoms with Gasteiger partial charge in [-0.1, -0.05) is 29.8 Å². The smallest absolute Gasteiger partial charge is 0.135 e. The number of aromatic nitrogens is 2. The van der Waals surface area contributed by atoms with Crippen LogP contribution in [0, 0.1) is 6.92 Å². The molecule has 1 aliphatic heterocycles. The van der Waals surface area contributed by atoms with Gasteiger partial charge in [0.2, 0.25) is 0 Å². The summed E-state index contributed by atoms with van der Waals surface area (Å²) in [5, 5.41) is 7.41. The lowest BCUT2D eigenvalue weighted by molar-refractivity contribution is 0.123. The summed E-state index contributed by atoms with van der Waals surface area (Å²) in [6, 6.07) is 15.9. The minimum atomic E-state index is 0.696. The zero-order valence-electron chi connectivity index (χ0n) is 15.7. The fourth-order valence-corrected chi connectivity index (χ4v) is 3.29. The van der Waals surface area contributed by atoms with Crippen molar-refractivity contribution >= 4 is 40.3 Å². The van der Waals surface area contributed by atoms with E-state index < -0.39 is 0 Å². The van der Waals surface area contributed by atoms with E-state index in [0.29, 0.717) is 5.82 Å². The summed E-state index contributed by atoms with van der Waals surface area (Å²) in [5.74, 6) is 1.41. The standard InChI is InChI=1S/C21H22ClN5O/c1-15-6-7-16(12-17(15)22)25-20-13-21(24-14-23-20)26-18-4-2-3-5-19(18)27-8-10-28-11-9-27/h2-7,12-14H,8-11H2,1H3,(H2,23,24,25,26). The second-order valence-corrected chi connectivity index (χ2v) is 7.03. The summed E-state index contributed by atoms with van der Waals surface area (Å²) in [5.41, 5.74) is 4.07. The molecule has 1 saturated heterocycles. The Hall–Kier alpha value is -2.83. The molecule has 6 nitrogen and oxygen atoms in total. The first kappa shape index (κ1) is 18.5. The van der Waals surface area contributed by atoms with E-state index in [-0.39, 0.29) is 0 Å².